The minimum absolute atomic E-state index is 0.00110. The number of aromatic carboxylic acids is 2. The molecular weight excluding hydrogens is 530 g/mol. The third-order valence-electron chi connectivity index (χ3n) is 7.46. The monoisotopic (exact) mass is 555 g/mol. The summed E-state index contributed by atoms with van der Waals surface area (Å²) in [5.74, 6) is -2.24. The molecule has 0 atom stereocenters. The fraction of sp³-hybridized carbons (Fsp3) is 0.0606. The first kappa shape index (κ1) is 26.0. The lowest BCUT2D eigenvalue weighted by molar-refractivity contribution is 0.0686. The van der Waals surface area contributed by atoms with E-state index in [9.17, 15) is 19.8 Å². The fourth-order valence-corrected chi connectivity index (χ4v) is 8.44. The lowest BCUT2D eigenvalue weighted by Gasteiger charge is -2.18. The van der Waals surface area contributed by atoms with Crippen LogP contribution in [0.1, 0.15) is 31.8 Å². The van der Waals surface area contributed by atoms with E-state index in [2.05, 4.69) is 76.6 Å². The van der Waals surface area contributed by atoms with E-state index in [1.165, 1.54) is 52.0 Å². The minimum Gasteiger partial charge on any atom is -0.478 e. The Morgan fingerprint density at radius 1 is 0.634 bits per heavy atom. The Morgan fingerprint density at radius 3 is 1.93 bits per heavy atom. The predicted octanol–water partition coefficient (Wildman–Crippen LogP) is 5.58. The van der Waals surface area contributed by atoms with Crippen molar-refractivity contribution >= 4 is 42.5 Å². The van der Waals surface area contributed by atoms with E-state index in [1.807, 2.05) is 18.2 Å². The van der Waals surface area contributed by atoms with Crippen LogP contribution in [0.15, 0.2) is 91.3 Å². The predicted molar refractivity (Wildman–Crippen MR) is 162 cm³/mol. The lowest BCUT2D eigenvalue weighted by atomic mass is 10.0. The number of carboxylic acid groups (broad SMARTS) is 2. The molecule has 1 aliphatic rings. The Labute approximate surface area is 237 Å². The van der Waals surface area contributed by atoms with Crippen molar-refractivity contribution in [1.82, 2.24) is 15.0 Å². The van der Waals surface area contributed by atoms with Gasteiger partial charge in [0.25, 0.3) is 0 Å². The third kappa shape index (κ3) is 4.85. The van der Waals surface area contributed by atoms with E-state index < -0.39 is 20.0 Å². The zero-order valence-electron chi connectivity index (χ0n) is 22.4. The van der Waals surface area contributed by atoms with Gasteiger partial charge in [-0.3, -0.25) is 9.97 Å². The molecule has 5 aromatic rings. The molecule has 4 heterocycles. The van der Waals surface area contributed by atoms with Crippen molar-refractivity contribution in [3.05, 3.63) is 114 Å². The molecule has 8 heteroatoms. The minimum atomic E-state index is -1.77. The van der Waals surface area contributed by atoms with Gasteiger partial charge in [0.2, 0.25) is 0 Å². The average molecular weight is 556 g/mol. The molecule has 0 bridgehead atoms. The van der Waals surface area contributed by atoms with Gasteiger partial charge in [-0.2, -0.15) is 0 Å². The molecule has 0 saturated carbocycles. The van der Waals surface area contributed by atoms with Crippen LogP contribution >= 0.6 is 0 Å². The Hall–Kier alpha value is -5.21. The van der Waals surface area contributed by atoms with E-state index >= 15 is 0 Å². The number of carbonyl (C=O) groups is 2. The van der Waals surface area contributed by atoms with Crippen molar-refractivity contribution in [2.75, 3.05) is 0 Å². The molecule has 0 radical (unpaired) electrons. The molecule has 6 rings (SSSR count). The first-order valence-electron chi connectivity index (χ1n) is 13.0. The molecule has 2 aromatic carbocycles. The van der Waals surface area contributed by atoms with Crippen molar-refractivity contribution < 1.29 is 19.8 Å². The zero-order chi connectivity index (χ0) is 28.7. The number of rotatable bonds is 6. The maximum atomic E-state index is 11.9. The third-order valence-corrected chi connectivity index (χ3v) is 11.0. The molecule has 0 unspecified atom stereocenters. The highest BCUT2D eigenvalue weighted by atomic mass is 28.3. The van der Waals surface area contributed by atoms with E-state index in [0.29, 0.717) is 11.4 Å². The molecule has 7 nitrogen and oxygen atoms in total. The Balaban J connectivity index is 1.34. The van der Waals surface area contributed by atoms with Crippen molar-refractivity contribution in [1.29, 1.82) is 0 Å². The van der Waals surface area contributed by atoms with E-state index in [4.69, 9.17) is 0 Å². The van der Waals surface area contributed by atoms with Gasteiger partial charge in [-0.1, -0.05) is 67.7 Å². The molecule has 0 aliphatic carbocycles. The van der Waals surface area contributed by atoms with E-state index in [-0.39, 0.29) is 22.5 Å². The van der Waals surface area contributed by atoms with Crippen molar-refractivity contribution in [3.63, 3.8) is 0 Å². The first-order chi connectivity index (χ1) is 19.7. The Bertz CT molecular complexity index is 1900. The van der Waals surface area contributed by atoms with Crippen LogP contribution in [0.5, 0.6) is 0 Å². The molecule has 0 fully saturated rings. The van der Waals surface area contributed by atoms with Gasteiger partial charge in [0.15, 0.2) is 0 Å². The second-order valence-electron chi connectivity index (χ2n) is 10.4. The summed E-state index contributed by atoms with van der Waals surface area (Å²) in [5.41, 5.74) is 6.03. The molecule has 2 N–H and O–H groups in total. The van der Waals surface area contributed by atoms with Crippen LogP contribution in [0.2, 0.25) is 13.1 Å². The normalized spacial score (nSPS) is 13.1. The molecule has 1 aliphatic heterocycles. The SMILES string of the molecule is C[Si]1(C)c2ccccc2-c2ccc(/C=C/c3ccnc(-c4cc(C(=O)O)cc(-c5cc(C(=O)O)ccn5)n4)c3)cc21. The smallest absolute Gasteiger partial charge is 0.335 e. The number of hydrogen-bond acceptors (Lipinski definition) is 5. The van der Waals surface area contributed by atoms with Gasteiger partial charge in [-0.05, 0) is 69.0 Å². The number of hydrogen-bond donors (Lipinski definition) is 2. The van der Waals surface area contributed by atoms with Gasteiger partial charge < -0.3 is 10.2 Å². The van der Waals surface area contributed by atoms with Crippen molar-refractivity contribution in [2.45, 2.75) is 13.1 Å². The molecule has 200 valence electrons. The molecule has 0 amide bonds. The van der Waals surface area contributed by atoms with E-state index in [1.54, 1.807) is 6.20 Å². The van der Waals surface area contributed by atoms with Crippen LogP contribution in [0.25, 0.3) is 46.1 Å². The summed E-state index contributed by atoms with van der Waals surface area (Å²) in [6, 6.07) is 24.6. The number of aromatic nitrogens is 3. The second kappa shape index (κ2) is 10.1. The maximum Gasteiger partial charge on any atom is 0.335 e. The summed E-state index contributed by atoms with van der Waals surface area (Å²) >= 11 is 0. The van der Waals surface area contributed by atoms with Crippen molar-refractivity contribution in [2.24, 2.45) is 0 Å². The lowest BCUT2D eigenvalue weighted by Crippen LogP contribution is -2.49. The highest BCUT2D eigenvalue weighted by Gasteiger charge is 2.36. The quantitative estimate of drug-likeness (QED) is 0.263. The van der Waals surface area contributed by atoms with Crippen molar-refractivity contribution in [3.8, 4) is 33.9 Å². The average Bonchev–Trinajstić information content (AvgIpc) is 3.22. The number of carboxylic acids is 2. The molecule has 0 saturated heterocycles. The first-order valence-corrected chi connectivity index (χ1v) is 16.0. The molecular formula is C33H25N3O4Si. The van der Waals surface area contributed by atoms with Crippen LogP contribution in [0.3, 0.4) is 0 Å². The zero-order valence-corrected chi connectivity index (χ0v) is 23.4. The highest BCUT2D eigenvalue weighted by molar-refractivity contribution is 7.03. The summed E-state index contributed by atoms with van der Waals surface area (Å²) in [6.45, 7) is 4.78. The van der Waals surface area contributed by atoms with Crippen LogP contribution < -0.4 is 10.4 Å². The van der Waals surface area contributed by atoms with Crippen LogP contribution in [0, 0.1) is 0 Å². The number of pyridine rings is 3. The number of nitrogens with zero attached hydrogens (tertiary/aromatic N) is 3. The summed E-state index contributed by atoms with van der Waals surface area (Å²) in [6.07, 6.45) is 7.09. The molecule has 41 heavy (non-hydrogen) atoms. The summed E-state index contributed by atoms with van der Waals surface area (Å²) < 4.78 is 0. The van der Waals surface area contributed by atoms with Gasteiger partial charge in [-0.25, -0.2) is 14.6 Å². The standard InChI is InChI=1S/C33H25N3O4Si/c1-41(2)30-6-4-3-5-24(30)25-10-9-20(16-31(25)41)7-8-21-11-13-34-26(15-21)28-18-23(33(39)40)19-29(36-28)27-17-22(32(37)38)12-14-35-27/h3-19H,1-2H3,(H,37,38)(H,39,40)/b8-7+. The summed E-state index contributed by atoms with van der Waals surface area (Å²) in [5, 5.41) is 22.0. The molecule has 0 spiro atoms. The largest absolute Gasteiger partial charge is 0.478 e. The van der Waals surface area contributed by atoms with Gasteiger partial charge in [0, 0.05) is 12.4 Å². The maximum absolute atomic E-state index is 11.9. The fourth-order valence-electron chi connectivity index (χ4n) is 5.33. The van der Waals surface area contributed by atoms with Crippen LogP contribution in [0.4, 0.5) is 0 Å². The second-order valence-corrected chi connectivity index (χ2v) is 14.8. The molecule has 3 aromatic heterocycles. The highest BCUT2D eigenvalue weighted by Crippen LogP contribution is 2.29. The number of fused-ring (bicyclic) bond motifs is 3. The van der Waals surface area contributed by atoms with Gasteiger partial charge >= 0.3 is 11.9 Å². The summed E-state index contributed by atoms with van der Waals surface area (Å²) in [7, 11) is -1.77. The Morgan fingerprint density at radius 2 is 1.22 bits per heavy atom. The van der Waals surface area contributed by atoms with Gasteiger partial charge in [-0.15, -0.1) is 0 Å². The van der Waals surface area contributed by atoms with Gasteiger partial charge in [0.05, 0.1) is 33.9 Å². The van der Waals surface area contributed by atoms with E-state index in [0.717, 1.165) is 11.1 Å². The summed E-state index contributed by atoms with van der Waals surface area (Å²) in [4.78, 5) is 36.6. The van der Waals surface area contributed by atoms with Gasteiger partial charge in [0.1, 0.15) is 8.07 Å². The topological polar surface area (TPSA) is 113 Å². The van der Waals surface area contributed by atoms with Crippen LogP contribution in [-0.2, 0) is 0 Å². The number of benzene rings is 2. The van der Waals surface area contributed by atoms with Crippen LogP contribution in [-0.4, -0.2) is 45.2 Å². The Kier molecular flexibility index (Phi) is 6.40.